The zero-order chi connectivity index (χ0) is 18.7. The zero-order valence-corrected chi connectivity index (χ0v) is 14.3. The lowest BCUT2D eigenvalue weighted by Crippen LogP contribution is -2.30. The number of halogens is 1. The smallest absolute Gasteiger partial charge is 0.338 e. The predicted molar refractivity (Wildman–Crippen MR) is 97.8 cm³/mol. The number of phenols is 1. The minimum atomic E-state index is -0.570. The fourth-order valence-electron chi connectivity index (χ4n) is 2.62. The van der Waals surface area contributed by atoms with Crippen molar-refractivity contribution in [1.82, 2.24) is 5.43 Å². The number of ether oxygens (including phenoxy) is 1. The van der Waals surface area contributed by atoms with Crippen LogP contribution in [0.3, 0.4) is 0 Å². The Bertz CT molecular complexity index is 1000. The van der Waals surface area contributed by atoms with Crippen LogP contribution in [0.25, 0.3) is 10.8 Å². The van der Waals surface area contributed by atoms with Crippen LogP contribution >= 0.6 is 11.6 Å². The van der Waals surface area contributed by atoms with Crippen molar-refractivity contribution in [3.05, 3.63) is 76.3 Å². The molecule has 0 saturated carbocycles. The molecule has 0 fully saturated rings. The van der Waals surface area contributed by atoms with E-state index in [2.05, 4.69) is 5.43 Å². The van der Waals surface area contributed by atoms with Gasteiger partial charge in [-0.1, -0.05) is 41.9 Å². The second kappa shape index (κ2) is 7.43. The quantitative estimate of drug-likeness (QED) is 0.283. The Morgan fingerprint density at radius 2 is 1.81 bits per heavy atom. The van der Waals surface area contributed by atoms with Crippen LogP contribution in [0.15, 0.2) is 54.6 Å². The van der Waals surface area contributed by atoms with Crippen molar-refractivity contribution in [2.24, 2.45) is 5.84 Å². The zero-order valence-electron chi connectivity index (χ0n) is 13.5. The van der Waals surface area contributed by atoms with E-state index in [9.17, 15) is 14.7 Å². The van der Waals surface area contributed by atoms with Crippen molar-refractivity contribution in [2.75, 3.05) is 0 Å². The van der Waals surface area contributed by atoms with Crippen molar-refractivity contribution in [3.8, 4) is 5.75 Å². The van der Waals surface area contributed by atoms with Gasteiger partial charge in [0.1, 0.15) is 12.4 Å². The molecule has 0 aliphatic heterocycles. The summed E-state index contributed by atoms with van der Waals surface area (Å²) in [7, 11) is 0. The molecule has 3 rings (SSSR count). The van der Waals surface area contributed by atoms with E-state index in [0.717, 1.165) is 10.9 Å². The Hall–Kier alpha value is -3.09. The van der Waals surface area contributed by atoms with Crippen LogP contribution in [0.2, 0.25) is 5.02 Å². The highest BCUT2D eigenvalue weighted by Crippen LogP contribution is 2.26. The molecule has 1 amide bonds. The van der Waals surface area contributed by atoms with Gasteiger partial charge in [-0.15, -0.1) is 0 Å². The molecule has 0 radical (unpaired) electrons. The lowest BCUT2D eigenvalue weighted by Gasteiger charge is -2.11. The molecule has 3 aromatic rings. The standard InChI is InChI=1S/C19H15ClN2O4/c20-16-9-11(6-8-17(16)23)19(25)26-10-12-5-7-15(18(24)22-21)14-4-2-1-3-13(12)14/h1-9,23H,10,21H2,(H,22,24). The van der Waals surface area contributed by atoms with E-state index < -0.39 is 11.9 Å². The molecule has 3 aromatic carbocycles. The lowest BCUT2D eigenvalue weighted by atomic mass is 9.99. The van der Waals surface area contributed by atoms with Gasteiger partial charge in [0, 0.05) is 5.56 Å². The number of nitrogens with one attached hydrogen (secondary N) is 1. The first-order chi connectivity index (χ1) is 12.5. The number of nitrogen functional groups attached to an aromatic ring is 1. The van der Waals surface area contributed by atoms with Gasteiger partial charge in [0.05, 0.1) is 10.6 Å². The Labute approximate surface area is 154 Å². The molecule has 0 bridgehead atoms. The molecular formula is C19H15ClN2O4. The highest BCUT2D eigenvalue weighted by Gasteiger charge is 2.14. The van der Waals surface area contributed by atoms with Crippen LogP contribution < -0.4 is 11.3 Å². The van der Waals surface area contributed by atoms with Gasteiger partial charge in [-0.2, -0.15) is 0 Å². The summed E-state index contributed by atoms with van der Waals surface area (Å²) < 4.78 is 5.34. The SMILES string of the molecule is NNC(=O)c1ccc(COC(=O)c2ccc(O)c(Cl)c2)c2ccccc12. The fourth-order valence-corrected chi connectivity index (χ4v) is 2.80. The third-order valence-corrected chi connectivity index (χ3v) is 4.23. The van der Waals surface area contributed by atoms with Gasteiger partial charge in [-0.3, -0.25) is 10.2 Å². The van der Waals surface area contributed by atoms with E-state index in [4.69, 9.17) is 22.2 Å². The minimum absolute atomic E-state index is 0.0162. The third kappa shape index (κ3) is 3.46. The number of nitrogens with two attached hydrogens (primary N) is 1. The number of aromatic hydroxyl groups is 1. The summed E-state index contributed by atoms with van der Waals surface area (Å²) in [5.41, 5.74) is 3.53. The molecule has 0 aromatic heterocycles. The second-order valence-electron chi connectivity index (χ2n) is 5.53. The van der Waals surface area contributed by atoms with E-state index in [0.29, 0.717) is 10.9 Å². The molecule has 6 nitrogen and oxygen atoms in total. The molecule has 4 N–H and O–H groups in total. The second-order valence-corrected chi connectivity index (χ2v) is 5.94. The van der Waals surface area contributed by atoms with Gasteiger partial charge in [0.2, 0.25) is 0 Å². The molecule has 26 heavy (non-hydrogen) atoms. The van der Waals surface area contributed by atoms with Crippen molar-refractivity contribution >= 4 is 34.2 Å². The van der Waals surface area contributed by atoms with Gasteiger partial charge in [0.25, 0.3) is 5.91 Å². The monoisotopic (exact) mass is 370 g/mol. The van der Waals surface area contributed by atoms with Crippen molar-refractivity contribution in [3.63, 3.8) is 0 Å². The number of phenolic OH excluding ortho intramolecular Hbond substituents is 1. The summed E-state index contributed by atoms with van der Waals surface area (Å²) in [6, 6.07) is 14.7. The van der Waals surface area contributed by atoms with Gasteiger partial charge < -0.3 is 9.84 Å². The molecule has 0 aliphatic rings. The number of hydrazine groups is 1. The van der Waals surface area contributed by atoms with E-state index in [1.165, 1.54) is 18.2 Å². The maximum Gasteiger partial charge on any atom is 0.338 e. The van der Waals surface area contributed by atoms with Gasteiger partial charge >= 0.3 is 5.97 Å². The first-order valence-corrected chi connectivity index (χ1v) is 8.06. The first kappa shape index (κ1) is 17.7. The van der Waals surface area contributed by atoms with Crippen molar-refractivity contribution in [2.45, 2.75) is 6.61 Å². The van der Waals surface area contributed by atoms with Crippen LogP contribution in [0.4, 0.5) is 0 Å². The Kier molecular flexibility index (Phi) is 5.06. The van der Waals surface area contributed by atoms with Crippen LogP contribution in [0, 0.1) is 0 Å². The summed E-state index contributed by atoms with van der Waals surface area (Å²) in [4.78, 5) is 24.1. The number of hydrogen-bond acceptors (Lipinski definition) is 5. The highest BCUT2D eigenvalue weighted by atomic mass is 35.5. The van der Waals surface area contributed by atoms with E-state index in [1.807, 2.05) is 18.2 Å². The summed E-state index contributed by atoms with van der Waals surface area (Å²) in [5, 5.41) is 11.0. The van der Waals surface area contributed by atoms with Gasteiger partial charge in [-0.25, -0.2) is 10.6 Å². The fraction of sp³-hybridized carbons (Fsp3) is 0.0526. The molecule has 0 atom stereocenters. The molecule has 132 valence electrons. The van der Waals surface area contributed by atoms with Crippen LogP contribution in [0.5, 0.6) is 5.75 Å². The van der Waals surface area contributed by atoms with Crippen molar-refractivity contribution in [1.29, 1.82) is 0 Å². The number of carbonyl (C=O) groups excluding carboxylic acids is 2. The average Bonchev–Trinajstić information content (AvgIpc) is 2.67. The van der Waals surface area contributed by atoms with E-state index >= 15 is 0 Å². The van der Waals surface area contributed by atoms with Crippen molar-refractivity contribution < 1.29 is 19.4 Å². The molecule has 0 aliphatic carbocycles. The van der Waals surface area contributed by atoms with Crippen LogP contribution in [-0.2, 0) is 11.3 Å². The molecule has 0 spiro atoms. The predicted octanol–water partition coefficient (Wildman–Crippen LogP) is 3.16. The molecule has 0 saturated heterocycles. The van der Waals surface area contributed by atoms with Gasteiger partial charge in [0.15, 0.2) is 0 Å². The number of carbonyl (C=O) groups is 2. The molecule has 0 unspecified atom stereocenters. The molecular weight excluding hydrogens is 356 g/mol. The van der Waals surface area contributed by atoms with E-state index in [1.54, 1.807) is 18.2 Å². The van der Waals surface area contributed by atoms with E-state index in [-0.39, 0.29) is 22.9 Å². The minimum Gasteiger partial charge on any atom is -0.506 e. The first-order valence-electron chi connectivity index (χ1n) is 7.68. The topological polar surface area (TPSA) is 102 Å². The Balaban J connectivity index is 1.86. The number of fused-ring (bicyclic) bond motifs is 1. The maximum absolute atomic E-state index is 12.2. The van der Waals surface area contributed by atoms with Crippen LogP contribution in [-0.4, -0.2) is 17.0 Å². The Morgan fingerprint density at radius 3 is 2.50 bits per heavy atom. The highest BCUT2D eigenvalue weighted by molar-refractivity contribution is 6.32. The largest absolute Gasteiger partial charge is 0.506 e. The number of benzene rings is 3. The molecule has 0 heterocycles. The number of rotatable bonds is 4. The number of hydrogen-bond donors (Lipinski definition) is 3. The number of amides is 1. The lowest BCUT2D eigenvalue weighted by molar-refractivity contribution is 0.0474. The normalized spacial score (nSPS) is 10.5. The summed E-state index contributed by atoms with van der Waals surface area (Å²) >= 11 is 5.81. The van der Waals surface area contributed by atoms with Gasteiger partial charge in [-0.05, 0) is 40.6 Å². The maximum atomic E-state index is 12.2. The van der Waals surface area contributed by atoms with Crippen LogP contribution in [0.1, 0.15) is 26.3 Å². The Morgan fingerprint density at radius 1 is 1.08 bits per heavy atom. The molecule has 7 heteroatoms. The number of esters is 1. The average molecular weight is 371 g/mol. The summed E-state index contributed by atoms with van der Waals surface area (Å²) in [6.45, 7) is 0.0162. The third-order valence-electron chi connectivity index (χ3n) is 3.93. The summed E-state index contributed by atoms with van der Waals surface area (Å²) in [5.74, 6) is 4.14. The summed E-state index contributed by atoms with van der Waals surface area (Å²) in [6.07, 6.45) is 0.